The monoisotopic (exact) mass is 537 g/mol. The summed E-state index contributed by atoms with van der Waals surface area (Å²) in [6, 6.07) is 10.1. The van der Waals surface area contributed by atoms with Gasteiger partial charge in [0.1, 0.15) is 6.04 Å². The average Bonchev–Trinajstić information content (AvgIpc) is 2.72. The Labute approximate surface area is 196 Å². The van der Waals surface area contributed by atoms with Gasteiger partial charge >= 0.3 is 0 Å². The molecule has 2 amide bonds. The zero-order valence-corrected chi connectivity index (χ0v) is 20.5. The number of amides is 2. The third kappa shape index (κ3) is 6.95. The van der Waals surface area contributed by atoms with Crippen molar-refractivity contribution in [3.63, 3.8) is 0 Å². The minimum absolute atomic E-state index is 0.115. The van der Waals surface area contributed by atoms with Gasteiger partial charge in [-0.2, -0.15) is 5.10 Å². The smallest absolute Gasteiger partial charge is 0.262 e. The molecular weight excluding hydrogens is 509 g/mol. The van der Waals surface area contributed by atoms with E-state index in [0.29, 0.717) is 23.7 Å². The summed E-state index contributed by atoms with van der Waals surface area (Å²) < 4.78 is 11.9. The van der Waals surface area contributed by atoms with Crippen molar-refractivity contribution in [3.8, 4) is 11.5 Å². The minimum Gasteiger partial charge on any atom is -0.492 e. The standard InChI is InChI=1S/C23H28IN3O4/c1-6-31-19-12-16(11-18(24)21(19)30-5)13-25-27-23(29)20(14(2)3)26-22(28)17-9-7-15(4)8-10-17/h7-14,20H,6H2,1-5H3,(H,26,28)(H,27,29). The SMILES string of the molecule is CCOc1cc(C=NNC(=O)C(NC(=O)c2ccc(C)cc2)C(C)C)cc(I)c1OC. The average molecular weight is 537 g/mol. The number of nitrogens with zero attached hydrogens (tertiary/aromatic N) is 1. The second-order valence-corrected chi connectivity index (χ2v) is 8.42. The molecule has 7 nitrogen and oxygen atoms in total. The van der Waals surface area contributed by atoms with E-state index in [1.165, 1.54) is 6.21 Å². The van der Waals surface area contributed by atoms with Crippen LogP contribution < -0.4 is 20.2 Å². The number of methoxy groups -OCH3 is 1. The largest absolute Gasteiger partial charge is 0.492 e. The molecule has 2 N–H and O–H groups in total. The highest BCUT2D eigenvalue weighted by Crippen LogP contribution is 2.33. The van der Waals surface area contributed by atoms with Crippen LogP contribution in [0.3, 0.4) is 0 Å². The third-order valence-corrected chi connectivity index (χ3v) is 5.27. The van der Waals surface area contributed by atoms with Gasteiger partial charge in [0.25, 0.3) is 11.8 Å². The Bertz CT molecular complexity index is 943. The maximum atomic E-state index is 12.6. The van der Waals surface area contributed by atoms with Gasteiger partial charge in [-0.25, -0.2) is 5.43 Å². The molecule has 0 aliphatic rings. The van der Waals surface area contributed by atoms with Crippen molar-refractivity contribution < 1.29 is 19.1 Å². The van der Waals surface area contributed by atoms with Crippen molar-refractivity contribution in [2.24, 2.45) is 11.0 Å². The van der Waals surface area contributed by atoms with Crippen LogP contribution in [0, 0.1) is 16.4 Å². The molecule has 0 heterocycles. The van der Waals surface area contributed by atoms with Gasteiger partial charge in [-0.15, -0.1) is 0 Å². The number of hydrazone groups is 1. The summed E-state index contributed by atoms with van der Waals surface area (Å²) in [4.78, 5) is 25.2. The number of ether oxygens (including phenoxy) is 2. The first-order valence-corrected chi connectivity index (χ1v) is 11.1. The van der Waals surface area contributed by atoms with Crippen molar-refractivity contribution in [2.45, 2.75) is 33.7 Å². The summed E-state index contributed by atoms with van der Waals surface area (Å²) in [5.74, 6) is 0.456. The van der Waals surface area contributed by atoms with Crippen LogP contribution in [0.15, 0.2) is 41.5 Å². The first kappa shape index (κ1) is 24.6. The molecule has 2 aromatic rings. The van der Waals surface area contributed by atoms with E-state index in [1.807, 2.05) is 45.9 Å². The van der Waals surface area contributed by atoms with Crippen molar-refractivity contribution in [2.75, 3.05) is 13.7 Å². The molecule has 0 fully saturated rings. The Kier molecular flexibility index (Phi) is 9.29. The second-order valence-electron chi connectivity index (χ2n) is 7.26. The molecule has 166 valence electrons. The van der Waals surface area contributed by atoms with Crippen molar-refractivity contribution >= 4 is 40.6 Å². The highest BCUT2D eigenvalue weighted by atomic mass is 127. The van der Waals surface area contributed by atoms with E-state index in [0.717, 1.165) is 14.7 Å². The molecule has 31 heavy (non-hydrogen) atoms. The number of aryl methyl sites for hydroxylation is 1. The molecule has 1 atom stereocenters. The lowest BCUT2D eigenvalue weighted by molar-refractivity contribution is -0.123. The third-order valence-electron chi connectivity index (χ3n) is 4.47. The molecule has 0 aliphatic carbocycles. The van der Waals surface area contributed by atoms with Gasteiger partial charge in [0, 0.05) is 5.56 Å². The van der Waals surface area contributed by atoms with E-state index in [2.05, 4.69) is 38.4 Å². The van der Waals surface area contributed by atoms with E-state index in [-0.39, 0.29) is 17.7 Å². The maximum Gasteiger partial charge on any atom is 0.262 e. The zero-order chi connectivity index (χ0) is 23.0. The summed E-state index contributed by atoms with van der Waals surface area (Å²) in [7, 11) is 1.59. The van der Waals surface area contributed by atoms with Gasteiger partial charge in [0.2, 0.25) is 0 Å². The molecule has 2 aromatic carbocycles. The predicted molar refractivity (Wildman–Crippen MR) is 130 cm³/mol. The van der Waals surface area contributed by atoms with Gasteiger partial charge < -0.3 is 14.8 Å². The predicted octanol–water partition coefficient (Wildman–Crippen LogP) is 3.91. The number of rotatable bonds is 9. The van der Waals surface area contributed by atoms with E-state index in [1.54, 1.807) is 25.3 Å². The highest BCUT2D eigenvalue weighted by molar-refractivity contribution is 14.1. The number of hydrogen-bond donors (Lipinski definition) is 2. The molecule has 0 spiro atoms. The lowest BCUT2D eigenvalue weighted by Gasteiger charge is -2.20. The van der Waals surface area contributed by atoms with Crippen LogP contribution in [0.25, 0.3) is 0 Å². The topological polar surface area (TPSA) is 89.0 Å². The van der Waals surface area contributed by atoms with Crippen molar-refractivity contribution in [1.82, 2.24) is 10.7 Å². The second kappa shape index (κ2) is 11.7. The summed E-state index contributed by atoms with van der Waals surface area (Å²) in [5, 5.41) is 6.85. The molecule has 0 radical (unpaired) electrons. The fraction of sp³-hybridized carbons (Fsp3) is 0.348. The quantitative estimate of drug-likeness (QED) is 0.289. The van der Waals surface area contributed by atoms with Crippen LogP contribution in [0.4, 0.5) is 0 Å². The van der Waals surface area contributed by atoms with Gasteiger partial charge in [-0.05, 0) is 72.2 Å². The van der Waals surface area contributed by atoms with E-state index in [9.17, 15) is 9.59 Å². The van der Waals surface area contributed by atoms with Crippen LogP contribution in [0.5, 0.6) is 11.5 Å². The molecule has 0 saturated carbocycles. The van der Waals surface area contributed by atoms with Gasteiger partial charge in [-0.3, -0.25) is 9.59 Å². The number of halogens is 1. The van der Waals surface area contributed by atoms with Crippen LogP contribution in [0.1, 0.15) is 42.3 Å². The normalized spacial score (nSPS) is 12.0. The number of benzene rings is 2. The van der Waals surface area contributed by atoms with Crippen molar-refractivity contribution in [1.29, 1.82) is 0 Å². The van der Waals surface area contributed by atoms with Gasteiger partial charge in [0.05, 0.1) is 23.5 Å². The fourth-order valence-corrected chi connectivity index (χ4v) is 3.67. The van der Waals surface area contributed by atoms with Gasteiger partial charge in [0.15, 0.2) is 11.5 Å². The Balaban J connectivity index is 2.08. The molecule has 2 rings (SSSR count). The summed E-state index contributed by atoms with van der Waals surface area (Å²) >= 11 is 2.15. The zero-order valence-electron chi connectivity index (χ0n) is 18.4. The molecule has 0 bridgehead atoms. The van der Waals surface area contributed by atoms with Crippen molar-refractivity contribution in [3.05, 3.63) is 56.7 Å². The fourth-order valence-electron chi connectivity index (χ4n) is 2.83. The van der Waals surface area contributed by atoms with E-state index >= 15 is 0 Å². The number of nitrogens with one attached hydrogen (secondary N) is 2. The van der Waals surface area contributed by atoms with Crippen LogP contribution in [-0.2, 0) is 4.79 Å². The van der Waals surface area contributed by atoms with E-state index < -0.39 is 6.04 Å². The van der Waals surface area contributed by atoms with Gasteiger partial charge in [-0.1, -0.05) is 31.5 Å². The Morgan fingerprint density at radius 1 is 1.19 bits per heavy atom. The summed E-state index contributed by atoms with van der Waals surface area (Å²) in [5.41, 5.74) is 4.83. The van der Waals surface area contributed by atoms with Crippen LogP contribution in [0.2, 0.25) is 0 Å². The minimum atomic E-state index is -0.721. The molecule has 1 unspecified atom stereocenters. The lowest BCUT2D eigenvalue weighted by Crippen LogP contribution is -2.48. The lowest BCUT2D eigenvalue weighted by atomic mass is 10.0. The van der Waals surface area contributed by atoms with E-state index in [4.69, 9.17) is 9.47 Å². The first-order chi connectivity index (χ1) is 14.8. The molecule has 0 aromatic heterocycles. The molecule has 8 heteroatoms. The summed E-state index contributed by atoms with van der Waals surface area (Å²) in [6.45, 7) is 8.07. The Morgan fingerprint density at radius 2 is 1.87 bits per heavy atom. The molecule has 0 saturated heterocycles. The number of carbonyl (C=O) groups is 2. The summed E-state index contributed by atoms with van der Waals surface area (Å²) in [6.07, 6.45) is 1.53. The molecule has 0 aliphatic heterocycles. The Hall–Kier alpha value is -2.62. The number of carbonyl (C=O) groups excluding carboxylic acids is 2. The first-order valence-electron chi connectivity index (χ1n) is 9.97. The number of hydrogen-bond acceptors (Lipinski definition) is 5. The molecular formula is C23H28IN3O4. The Morgan fingerprint density at radius 3 is 2.45 bits per heavy atom. The highest BCUT2D eigenvalue weighted by Gasteiger charge is 2.24. The maximum absolute atomic E-state index is 12.6. The van der Waals surface area contributed by atoms with Crippen LogP contribution >= 0.6 is 22.6 Å². The van der Waals surface area contributed by atoms with Crippen LogP contribution in [-0.4, -0.2) is 37.8 Å².